The van der Waals surface area contributed by atoms with E-state index in [9.17, 15) is 0 Å². The van der Waals surface area contributed by atoms with Crippen LogP contribution in [0.25, 0.3) is 0 Å². The zero-order valence-corrected chi connectivity index (χ0v) is 7.47. The Labute approximate surface area is 69.9 Å². The molecular formula is C6H13MgO2. The van der Waals surface area contributed by atoms with Gasteiger partial charge >= 0.3 is 22.1 Å². The van der Waals surface area contributed by atoms with Crippen LogP contribution >= 0.6 is 0 Å². The normalized spacial score (nSPS) is 9.78. The summed E-state index contributed by atoms with van der Waals surface area (Å²) in [5.74, 6) is 0. The molecule has 0 heterocycles. The molecule has 9 heavy (non-hydrogen) atoms. The zero-order chi connectivity index (χ0) is 6.95. The van der Waals surface area contributed by atoms with Crippen LogP contribution in [-0.4, -0.2) is 41.9 Å². The molecule has 0 saturated heterocycles. The summed E-state index contributed by atoms with van der Waals surface area (Å²) < 4.78 is 10.0. The van der Waals surface area contributed by atoms with Gasteiger partial charge in [-0.2, -0.15) is 0 Å². The fourth-order valence-corrected chi connectivity index (χ4v) is 0.584. The molecule has 2 nitrogen and oxygen atoms in total. The first kappa shape index (κ1) is 9.69. The third-order valence-electron chi connectivity index (χ3n) is 1.01. The van der Waals surface area contributed by atoms with Crippen LogP contribution < -0.4 is 0 Å². The summed E-state index contributed by atoms with van der Waals surface area (Å²) in [5.41, 5.74) is 0. The predicted octanol–water partition coefficient (Wildman–Crippen LogP) is 0.903. The van der Waals surface area contributed by atoms with E-state index in [1.54, 1.807) is 0 Å². The van der Waals surface area contributed by atoms with Gasteiger partial charge in [0.1, 0.15) is 0 Å². The molecule has 0 aliphatic heterocycles. The molecule has 0 aromatic rings. The average molecular weight is 141 g/mol. The number of hydrogen-bond donors (Lipinski definition) is 0. The topological polar surface area (TPSA) is 18.5 Å². The molecule has 1 radical (unpaired) electrons. The van der Waals surface area contributed by atoms with Crippen molar-refractivity contribution in [1.82, 2.24) is 0 Å². The maximum absolute atomic E-state index is 5.19. The van der Waals surface area contributed by atoms with Crippen LogP contribution in [0.3, 0.4) is 0 Å². The molecule has 0 aliphatic rings. The van der Waals surface area contributed by atoms with Gasteiger partial charge in [-0.1, -0.05) is 13.3 Å². The molecule has 0 rings (SSSR count). The highest BCUT2D eigenvalue weighted by molar-refractivity contribution is 5.97. The molecule has 0 atom stereocenters. The molecule has 0 N–H and O–H groups in total. The molecule has 0 saturated carbocycles. The van der Waals surface area contributed by atoms with Gasteiger partial charge in [0.25, 0.3) is 0 Å². The van der Waals surface area contributed by atoms with Crippen LogP contribution in [0, 0.1) is 0 Å². The fraction of sp³-hybridized carbons (Fsp3) is 1.00. The van der Waals surface area contributed by atoms with E-state index in [0.29, 0.717) is 0 Å². The largest absolute Gasteiger partial charge is 0.583 e. The van der Waals surface area contributed by atoms with Gasteiger partial charge in [-0.15, -0.1) is 0 Å². The lowest BCUT2D eigenvalue weighted by Crippen LogP contribution is -2.02. The Morgan fingerprint density at radius 2 is 2.00 bits per heavy atom. The van der Waals surface area contributed by atoms with Gasteiger partial charge < -0.3 is 7.91 Å². The Bertz CT molecular complexity index is 44.3. The highest BCUT2D eigenvalue weighted by atomic mass is 24.4. The summed E-state index contributed by atoms with van der Waals surface area (Å²) >= 11 is 1.51. The predicted molar refractivity (Wildman–Crippen MR) is 37.4 cm³/mol. The maximum atomic E-state index is 5.19. The minimum atomic E-state index is 0.724. The van der Waals surface area contributed by atoms with Crippen molar-refractivity contribution in [2.24, 2.45) is 0 Å². The fourth-order valence-electron chi connectivity index (χ4n) is 0.466. The molecule has 0 amide bonds. The molecule has 0 spiro atoms. The van der Waals surface area contributed by atoms with Gasteiger partial charge in [-0.25, -0.2) is 0 Å². The Hall–Kier alpha value is 0.686. The molecule has 3 heteroatoms. The lowest BCUT2D eigenvalue weighted by Gasteiger charge is -2.02. The van der Waals surface area contributed by atoms with Crippen molar-refractivity contribution < 1.29 is 7.91 Å². The third-order valence-corrected chi connectivity index (χ3v) is 1.30. The van der Waals surface area contributed by atoms with E-state index in [1.165, 1.54) is 28.5 Å². The van der Waals surface area contributed by atoms with Gasteiger partial charge in [0.15, 0.2) is 0 Å². The molecule has 0 bridgehead atoms. The van der Waals surface area contributed by atoms with Gasteiger partial charge in [0.2, 0.25) is 0 Å². The highest BCUT2D eigenvalue weighted by Crippen LogP contribution is 1.86. The van der Waals surface area contributed by atoms with E-state index in [2.05, 4.69) is 6.92 Å². The first-order valence-corrected chi connectivity index (χ1v) is 3.94. The van der Waals surface area contributed by atoms with Crippen molar-refractivity contribution in [2.75, 3.05) is 19.8 Å². The minimum absolute atomic E-state index is 0.724. The number of rotatable bonds is 6. The summed E-state index contributed by atoms with van der Waals surface area (Å²) in [6, 6.07) is 0. The Morgan fingerprint density at radius 1 is 1.22 bits per heavy atom. The smallest absolute Gasteiger partial charge is 0.452 e. The molecule has 0 aromatic carbocycles. The summed E-state index contributed by atoms with van der Waals surface area (Å²) in [7, 11) is 0. The molecule has 0 unspecified atom stereocenters. The highest BCUT2D eigenvalue weighted by Gasteiger charge is 1.83. The summed E-state index contributed by atoms with van der Waals surface area (Å²) in [4.78, 5) is 0. The number of ether oxygens (including phenoxy) is 1. The summed E-state index contributed by atoms with van der Waals surface area (Å²) in [6.45, 7) is 4.50. The Balaban J connectivity index is 2.60. The van der Waals surface area contributed by atoms with E-state index < -0.39 is 0 Å². The van der Waals surface area contributed by atoms with Crippen LogP contribution in [0.1, 0.15) is 19.8 Å². The average Bonchev–Trinajstić information content (AvgIpc) is 1.89. The van der Waals surface area contributed by atoms with E-state index in [4.69, 9.17) is 7.91 Å². The second-order valence-corrected chi connectivity index (χ2v) is 2.28. The monoisotopic (exact) mass is 141 g/mol. The van der Waals surface area contributed by atoms with Gasteiger partial charge in [0, 0.05) is 13.2 Å². The number of unbranched alkanes of at least 4 members (excludes halogenated alkanes) is 1. The maximum Gasteiger partial charge on any atom is 0.452 e. The molecule has 0 aliphatic carbocycles. The summed E-state index contributed by atoms with van der Waals surface area (Å²) in [6.07, 6.45) is 2.36. The molecule has 0 aromatic heterocycles. The van der Waals surface area contributed by atoms with Gasteiger partial charge in [0.05, 0.1) is 6.61 Å². The van der Waals surface area contributed by atoms with Crippen LogP contribution in [-0.2, 0) is 7.91 Å². The third kappa shape index (κ3) is 8.69. The van der Waals surface area contributed by atoms with Gasteiger partial charge in [-0.05, 0) is 6.42 Å². The summed E-state index contributed by atoms with van der Waals surface area (Å²) in [5, 5.41) is 0. The second-order valence-electron chi connectivity index (χ2n) is 1.87. The first-order valence-electron chi connectivity index (χ1n) is 3.36. The Kier molecular flexibility index (Phi) is 9.35. The minimum Gasteiger partial charge on any atom is -0.583 e. The van der Waals surface area contributed by atoms with Crippen LogP contribution in [0.4, 0.5) is 0 Å². The van der Waals surface area contributed by atoms with Crippen molar-refractivity contribution in [3.8, 4) is 0 Å². The van der Waals surface area contributed by atoms with E-state index in [-0.39, 0.29) is 0 Å². The van der Waals surface area contributed by atoms with Crippen molar-refractivity contribution in [1.29, 1.82) is 0 Å². The number of hydrogen-bond acceptors (Lipinski definition) is 2. The first-order chi connectivity index (χ1) is 4.41. The second kappa shape index (κ2) is 8.69. The van der Waals surface area contributed by atoms with Crippen molar-refractivity contribution in [3.63, 3.8) is 0 Å². The van der Waals surface area contributed by atoms with Crippen molar-refractivity contribution in [3.05, 3.63) is 0 Å². The molecule has 51 valence electrons. The van der Waals surface area contributed by atoms with Crippen molar-refractivity contribution in [2.45, 2.75) is 19.8 Å². The molecule has 0 fully saturated rings. The van der Waals surface area contributed by atoms with E-state index in [1.807, 2.05) is 0 Å². The van der Waals surface area contributed by atoms with E-state index in [0.717, 1.165) is 26.2 Å². The Morgan fingerprint density at radius 3 is 2.56 bits per heavy atom. The SMILES string of the molecule is CCCCOCC[O][Mg]. The van der Waals surface area contributed by atoms with E-state index >= 15 is 0 Å². The zero-order valence-electron chi connectivity index (χ0n) is 6.06. The van der Waals surface area contributed by atoms with Crippen LogP contribution in [0.15, 0.2) is 0 Å². The van der Waals surface area contributed by atoms with Gasteiger partial charge in [-0.3, -0.25) is 0 Å². The van der Waals surface area contributed by atoms with Crippen LogP contribution in [0.2, 0.25) is 0 Å². The standard InChI is InChI=1S/C6H13O2.Mg/c1-2-3-5-8-6-4-7;/h2-6H2,1H3;/q-1;+1. The molecular weight excluding hydrogens is 128 g/mol. The lowest BCUT2D eigenvalue weighted by molar-refractivity contribution is 0.101. The van der Waals surface area contributed by atoms with Crippen LogP contribution in [0.5, 0.6) is 0 Å². The lowest BCUT2D eigenvalue weighted by atomic mass is 10.4. The van der Waals surface area contributed by atoms with Crippen molar-refractivity contribution >= 4 is 22.1 Å². The quantitative estimate of drug-likeness (QED) is 0.404.